The number of carbonyl (C=O) groups excluding carboxylic acids is 1. The first-order chi connectivity index (χ1) is 17.4. The molecule has 190 valence electrons. The van der Waals surface area contributed by atoms with Gasteiger partial charge in [-0.3, -0.25) is 4.79 Å². The minimum atomic E-state index is -1.22. The average molecular weight is 500 g/mol. The van der Waals surface area contributed by atoms with Crippen molar-refractivity contribution < 1.29 is 27.8 Å². The summed E-state index contributed by atoms with van der Waals surface area (Å²) in [5.74, 6) is -0.660. The van der Waals surface area contributed by atoms with Gasteiger partial charge in [-0.25, -0.2) is 18.4 Å². The third kappa shape index (κ3) is 5.17. The molecule has 2 atom stereocenters. The number of anilines is 1. The number of hydrogen-bond acceptors (Lipinski definition) is 7. The molecule has 2 saturated heterocycles. The van der Waals surface area contributed by atoms with Crippen LogP contribution in [-0.2, 0) is 26.4 Å². The van der Waals surface area contributed by atoms with E-state index in [0.717, 1.165) is 24.8 Å². The summed E-state index contributed by atoms with van der Waals surface area (Å²) in [5, 5.41) is 4.09. The van der Waals surface area contributed by atoms with Crippen LogP contribution in [0.4, 0.5) is 14.5 Å². The quantitative estimate of drug-likeness (QED) is 0.494. The van der Waals surface area contributed by atoms with Crippen molar-refractivity contribution in [2.24, 2.45) is 0 Å². The van der Waals surface area contributed by atoms with Gasteiger partial charge < -0.3 is 24.0 Å². The van der Waals surface area contributed by atoms with E-state index in [9.17, 15) is 13.6 Å². The van der Waals surface area contributed by atoms with Crippen LogP contribution in [0.25, 0.3) is 0 Å². The molecule has 36 heavy (non-hydrogen) atoms. The maximum atomic E-state index is 14.7. The molecule has 0 bridgehead atoms. The van der Waals surface area contributed by atoms with Gasteiger partial charge in [0.1, 0.15) is 42.2 Å². The van der Waals surface area contributed by atoms with E-state index in [4.69, 9.17) is 14.2 Å². The van der Waals surface area contributed by atoms with Crippen molar-refractivity contribution >= 4 is 11.6 Å². The smallest absolute Gasteiger partial charge is 0.219 e. The highest BCUT2D eigenvalue weighted by molar-refractivity contribution is 5.73. The molecule has 9 nitrogen and oxygen atoms in total. The van der Waals surface area contributed by atoms with Gasteiger partial charge in [-0.2, -0.15) is 5.10 Å². The van der Waals surface area contributed by atoms with Gasteiger partial charge >= 0.3 is 0 Å². The van der Waals surface area contributed by atoms with E-state index in [1.807, 2.05) is 29.2 Å². The highest BCUT2D eigenvalue weighted by Gasteiger charge is 2.45. The number of halogens is 2. The molecule has 1 aromatic heterocycles. The van der Waals surface area contributed by atoms with Gasteiger partial charge in [-0.05, 0) is 30.3 Å². The van der Waals surface area contributed by atoms with Gasteiger partial charge in [0, 0.05) is 50.4 Å². The predicted octanol–water partition coefficient (Wildman–Crippen LogP) is 2.57. The molecule has 1 amide bonds. The van der Waals surface area contributed by atoms with Gasteiger partial charge in [-0.15, -0.1) is 0 Å². The highest BCUT2D eigenvalue weighted by Crippen LogP contribution is 2.37. The van der Waals surface area contributed by atoms with Gasteiger partial charge in [0.25, 0.3) is 0 Å². The standard InChI is InChI=1S/C25H27F2N5O4/c1-18(33)30-8-10-31(11-9-30)20-3-5-21(6-4-20)34-13-24-35-15-25(36-24,14-32-17-28-16-29-32)22-7-2-19(26)12-23(22)27/h2-7,12,16-17,24H,8-11,13-15H2,1H3/t24-,25+/m0/s1. The van der Waals surface area contributed by atoms with Gasteiger partial charge in [-0.1, -0.05) is 6.07 Å². The molecule has 0 N–H and O–H groups in total. The van der Waals surface area contributed by atoms with E-state index < -0.39 is 23.5 Å². The summed E-state index contributed by atoms with van der Waals surface area (Å²) in [6.07, 6.45) is 2.10. The second-order valence-corrected chi connectivity index (χ2v) is 8.87. The molecule has 0 saturated carbocycles. The van der Waals surface area contributed by atoms with Crippen molar-refractivity contribution in [2.75, 3.05) is 44.3 Å². The molecule has 0 unspecified atom stereocenters. The first-order valence-electron chi connectivity index (χ1n) is 11.7. The van der Waals surface area contributed by atoms with Crippen LogP contribution in [0.1, 0.15) is 12.5 Å². The Morgan fingerprint density at radius 1 is 1.14 bits per heavy atom. The number of carbonyl (C=O) groups is 1. The lowest BCUT2D eigenvalue weighted by Gasteiger charge is -2.35. The normalized spacial score (nSPS) is 22.1. The number of benzene rings is 2. The summed E-state index contributed by atoms with van der Waals surface area (Å²) in [4.78, 5) is 19.5. The number of aromatic nitrogens is 3. The average Bonchev–Trinajstić information content (AvgIpc) is 3.54. The number of amides is 1. The third-order valence-electron chi connectivity index (χ3n) is 6.48. The summed E-state index contributed by atoms with van der Waals surface area (Å²) in [5.41, 5.74) is 0.0134. The Morgan fingerprint density at radius 3 is 2.58 bits per heavy atom. The fraction of sp³-hybridized carbons (Fsp3) is 0.400. The van der Waals surface area contributed by atoms with Crippen LogP contribution in [0.2, 0.25) is 0 Å². The Morgan fingerprint density at radius 2 is 1.92 bits per heavy atom. The van der Waals surface area contributed by atoms with Crippen LogP contribution >= 0.6 is 0 Å². The van der Waals surface area contributed by atoms with E-state index in [0.29, 0.717) is 18.8 Å². The van der Waals surface area contributed by atoms with Gasteiger partial charge in [0.2, 0.25) is 5.91 Å². The molecule has 2 aliphatic rings. The lowest BCUT2D eigenvalue weighted by Crippen LogP contribution is -2.48. The maximum Gasteiger partial charge on any atom is 0.219 e. The van der Waals surface area contributed by atoms with Crippen molar-refractivity contribution in [1.82, 2.24) is 19.7 Å². The van der Waals surface area contributed by atoms with Crippen LogP contribution in [0.5, 0.6) is 5.75 Å². The molecule has 0 aliphatic carbocycles. The van der Waals surface area contributed by atoms with E-state index in [2.05, 4.69) is 15.0 Å². The topological polar surface area (TPSA) is 82.0 Å². The number of rotatable bonds is 7. The predicted molar refractivity (Wildman–Crippen MR) is 125 cm³/mol. The summed E-state index contributed by atoms with van der Waals surface area (Å²) in [6, 6.07) is 11.1. The van der Waals surface area contributed by atoms with Crippen molar-refractivity contribution in [3.8, 4) is 5.75 Å². The van der Waals surface area contributed by atoms with Crippen LogP contribution in [0.15, 0.2) is 55.1 Å². The number of piperazine rings is 1. The van der Waals surface area contributed by atoms with Crippen molar-refractivity contribution in [3.05, 3.63) is 72.3 Å². The van der Waals surface area contributed by atoms with E-state index in [1.54, 1.807) is 6.92 Å². The van der Waals surface area contributed by atoms with Crippen molar-refractivity contribution in [3.63, 3.8) is 0 Å². The number of ether oxygens (including phenoxy) is 3. The Labute approximate surface area is 207 Å². The fourth-order valence-corrected chi connectivity index (χ4v) is 4.57. The largest absolute Gasteiger partial charge is 0.488 e. The van der Waals surface area contributed by atoms with Crippen molar-refractivity contribution in [2.45, 2.75) is 25.4 Å². The van der Waals surface area contributed by atoms with Crippen LogP contribution in [-0.4, -0.2) is 71.3 Å². The van der Waals surface area contributed by atoms with E-state index >= 15 is 0 Å². The molecular formula is C25H27F2N5O4. The van der Waals surface area contributed by atoms with Gasteiger partial charge in [0.05, 0.1) is 13.2 Å². The molecule has 5 rings (SSSR count). The first kappa shape index (κ1) is 24.1. The molecule has 0 radical (unpaired) electrons. The van der Waals surface area contributed by atoms with Crippen LogP contribution < -0.4 is 9.64 Å². The lowest BCUT2D eigenvalue weighted by atomic mass is 9.94. The van der Waals surface area contributed by atoms with Crippen LogP contribution in [0, 0.1) is 11.6 Å². The summed E-state index contributed by atoms with van der Waals surface area (Å²) >= 11 is 0. The van der Waals surface area contributed by atoms with E-state index in [1.165, 1.54) is 29.5 Å². The molecule has 2 aliphatic heterocycles. The second kappa shape index (κ2) is 10.2. The Kier molecular flexibility index (Phi) is 6.84. The molecule has 11 heteroatoms. The minimum Gasteiger partial charge on any atom is -0.488 e. The zero-order valence-corrected chi connectivity index (χ0v) is 19.8. The van der Waals surface area contributed by atoms with Gasteiger partial charge in [0.15, 0.2) is 6.29 Å². The number of hydrogen-bond donors (Lipinski definition) is 0. The maximum absolute atomic E-state index is 14.7. The molecule has 0 spiro atoms. The Balaban J connectivity index is 1.22. The summed E-state index contributed by atoms with van der Waals surface area (Å²) in [6.45, 7) is 4.80. The second-order valence-electron chi connectivity index (χ2n) is 8.87. The molecular weight excluding hydrogens is 472 g/mol. The SMILES string of the molecule is CC(=O)N1CCN(c2ccc(OC[C@H]3OC[C@](Cn4cncn4)(c4ccc(F)cc4F)O3)cc2)CC1. The molecule has 2 fully saturated rings. The number of nitrogens with zero attached hydrogens (tertiary/aromatic N) is 5. The minimum absolute atomic E-state index is 0.0363. The first-order valence-corrected chi connectivity index (χ1v) is 11.7. The zero-order valence-electron chi connectivity index (χ0n) is 19.8. The zero-order chi connectivity index (χ0) is 25.1. The molecule has 2 aromatic carbocycles. The highest BCUT2D eigenvalue weighted by atomic mass is 19.1. The van der Waals surface area contributed by atoms with Crippen molar-refractivity contribution in [1.29, 1.82) is 0 Å². The molecule has 3 aromatic rings. The summed E-state index contributed by atoms with van der Waals surface area (Å²) < 4.78 is 47.7. The third-order valence-corrected chi connectivity index (χ3v) is 6.48. The Hall–Kier alpha value is -3.57. The van der Waals surface area contributed by atoms with E-state index in [-0.39, 0.29) is 31.2 Å². The van der Waals surface area contributed by atoms with Crippen LogP contribution in [0.3, 0.4) is 0 Å². The summed E-state index contributed by atoms with van der Waals surface area (Å²) in [7, 11) is 0. The fourth-order valence-electron chi connectivity index (χ4n) is 4.57. The lowest BCUT2D eigenvalue weighted by molar-refractivity contribution is -0.129. The Bertz CT molecular complexity index is 1190. The monoisotopic (exact) mass is 499 g/mol. The molecule has 3 heterocycles.